The Morgan fingerprint density at radius 1 is 1.43 bits per heavy atom. The highest BCUT2D eigenvalue weighted by Gasteiger charge is 2.28. The molecule has 1 aromatic carbocycles. The van der Waals surface area contributed by atoms with Crippen LogP contribution in [0.5, 0.6) is 5.75 Å². The van der Waals surface area contributed by atoms with Crippen LogP contribution in [0, 0.1) is 5.82 Å². The smallest absolute Gasteiger partial charge is 0.258 e. The van der Waals surface area contributed by atoms with Crippen LogP contribution in [0.3, 0.4) is 0 Å². The molecule has 0 radical (unpaired) electrons. The Hall–Kier alpha value is -1.37. The lowest BCUT2D eigenvalue weighted by Gasteiger charge is -2.40. The predicted molar refractivity (Wildman–Crippen MR) is 86.4 cm³/mol. The quantitative estimate of drug-likeness (QED) is 0.858. The first-order valence-electron chi connectivity index (χ1n) is 7.56. The SMILES string of the molecule is CC(C)(CNC(=O)COc1c(F)cccc1Cl)N1CCOCC1. The lowest BCUT2D eigenvalue weighted by atomic mass is 10.0. The first-order valence-corrected chi connectivity index (χ1v) is 7.94. The molecule has 0 saturated carbocycles. The third-order valence-corrected chi connectivity index (χ3v) is 4.15. The highest BCUT2D eigenvalue weighted by atomic mass is 35.5. The average molecular weight is 345 g/mol. The van der Waals surface area contributed by atoms with E-state index in [-0.39, 0.29) is 28.8 Å². The lowest BCUT2D eigenvalue weighted by Crippen LogP contribution is -2.55. The van der Waals surface area contributed by atoms with Gasteiger partial charge in [-0.3, -0.25) is 9.69 Å². The van der Waals surface area contributed by atoms with Crippen LogP contribution in [0.1, 0.15) is 13.8 Å². The molecule has 1 amide bonds. The van der Waals surface area contributed by atoms with Crippen molar-refractivity contribution in [2.24, 2.45) is 0 Å². The van der Waals surface area contributed by atoms with E-state index in [2.05, 4.69) is 24.1 Å². The van der Waals surface area contributed by atoms with Gasteiger partial charge >= 0.3 is 0 Å². The second kappa shape index (κ2) is 7.95. The molecule has 7 heteroatoms. The molecule has 0 aliphatic carbocycles. The Morgan fingerprint density at radius 2 is 2.13 bits per heavy atom. The number of benzene rings is 1. The summed E-state index contributed by atoms with van der Waals surface area (Å²) in [5.41, 5.74) is -0.185. The van der Waals surface area contributed by atoms with E-state index < -0.39 is 5.82 Å². The first-order chi connectivity index (χ1) is 10.9. The van der Waals surface area contributed by atoms with Gasteiger partial charge in [0.1, 0.15) is 0 Å². The van der Waals surface area contributed by atoms with Gasteiger partial charge in [-0.05, 0) is 26.0 Å². The van der Waals surface area contributed by atoms with Gasteiger partial charge in [-0.25, -0.2) is 4.39 Å². The van der Waals surface area contributed by atoms with Gasteiger partial charge in [0, 0.05) is 25.2 Å². The Morgan fingerprint density at radius 3 is 2.78 bits per heavy atom. The molecule has 1 saturated heterocycles. The number of amides is 1. The topological polar surface area (TPSA) is 50.8 Å². The molecule has 0 bridgehead atoms. The summed E-state index contributed by atoms with van der Waals surface area (Å²) in [4.78, 5) is 14.2. The number of para-hydroxylation sites is 1. The number of rotatable bonds is 6. The summed E-state index contributed by atoms with van der Waals surface area (Å²) in [5.74, 6) is -0.999. The van der Waals surface area contributed by atoms with E-state index in [1.54, 1.807) is 0 Å². The molecule has 1 aromatic rings. The summed E-state index contributed by atoms with van der Waals surface area (Å²) in [6.07, 6.45) is 0. The van der Waals surface area contributed by atoms with Crippen molar-refractivity contribution in [1.82, 2.24) is 10.2 Å². The number of halogens is 2. The number of morpholine rings is 1. The molecule has 0 spiro atoms. The van der Waals surface area contributed by atoms with Crippen molar-refractivity contribution in [3.8, 4) is 5.75 Å². The molecule has 0 atom stereocenters. The molecule has 5 nitrogen and oxygen atoms in total. The molecule has 128 valence electrons. The van der Waals surface area contributed by atoms with E-state index in [1.165, 1.54) is 18.2 Å². The van der Waals surface area contributed by atoms with Gasteiger partial charge in [0.15, 0.2) is 18.2 Å². The van der Waals surface area contributed by atoms with Gasteiger partial charge in [0.05, 0.1) is 18.2 Å². The number of hydrogen-bond donors (Lipinski definition) is 1. The Labute approximate surface area is 140 Å². The van der Waals surface area contributed by atoms with Crippen LogP contribution >= 0.6 is 11.6 Å². The Kier molecular flexibility index (Phi) is 6.21. The van der Waals surface area contributed by atoms with Crippen molar-refractivity contribution in [2.45, 2.75) is 19.4 Å². The third kappa shape index (κ3) is 5.06. The van der Waals surface area contributed by atoms with Gasteiger partial charge in [0.2, 0.25) is 0 Å². The zero-order chi connectivity index (χ0) is 16.9. The van der Waals surface area contributed by atoms with Crippen LogP contribution in [0.4, 0.5) is 4.39 Å². The maximum absolute atomic E-state index is 13.6. The number of ether oxygens (including phenoxy) is 2. The highest BCUT2D eigenvalue weighted by molar-refractivity contribution is 6.32. The Balaban J connectivity index is 1.80. The van der Waals surface area contributed by atoms with Crippen LogP contribution < -0.4 is 10.1 Å². The second-order valence-corrected chi connectivity index (χ2v) is 6.44. The summed E-state index contributed by atoms with van der Waals surface area (Å²) in [6.45, 7) is 7.40. The highest BCUT2D eigenvalue weighted by Crippen LogP contribution is 2.27. The monoisotopic (exact) mass is 344 g/mol. The fourth-order valence-electron chi connectivity index (χ4n) is 2.40. The van der Waals surface area contributed by atoms with E-state index in [9.17, 15) is 9.18 Å². The summed E-state index contributed by atoms with van der Waals surface area (Å²) >= 11 is 5.85. The number of nitrogens with zero attached hydrogens (tertiary/aromatic N) is 1. The van der Waals surface area contributed by atoms with Crippen molar-refractivity contribution in [1.29, 1.82) is 0 Å². The molecular formula is C16H22ClFN2O3. The van der Waals surface area contributed by atoms with Crippen LogP contribution in [-0.2, 0) is 9.53 Å². The van der Waals surface area contributed by atoms with Crippen molar-refractivity contribution in [3.05, 3.63) is 29.0 Å². The molecule has 2 rings (SSSR count). The van der Waals surface area contributed by atoms with Crippen LogP contribution in [-0.4, -0.2) is 55.8 Å². The zero-order valence-electron chi connectivity index (χ0n) is 13.4. The zero-order valence-corrected chi connectivity index (χ0v) is 14.2. The van der Waals surface area contributed by atoms with Gasteiger partial charge in [0.25, 0.3) is 5.91 Å². The first kappa shape index (κ1) is 18.0. The van der Waals surface area contributed by atoms with E-state index in [0.717, 1.165) is 13.1 Å². The van der Waals surface area contributed by atoms with Crippen molar-refractivity contribution >= 4 is 17.5 Å². The maximum Gasteiger partial charge on any atom is 0.258 e. The molecule has 1 aliphatic rings. The normalized spacial score (nSPS) is 16.2. The molecule has 0 aromatic heterocycles. The molecule has 1 N–H and O–H groups in total. The Bertz CT molecular complexity index is 528. The van der Waals surface area contributed by atoms with Crippen LogP contribution in [0.25, 0.3) is 0 Å². The maximum atomic E-state index is 13.6. The van der Waals surface area contributed by atoms with Gasteiger partial charge in [-0.1, -0.05) is 17.7 Å². The largest absolute Gasteiger partial charge is 0.479 e. The number of nitrogens with one attached hydrogen (secondary N) is 1. The van der Waals surface area contributed by atoms with E-state index in [4.69, 9.17) is 21.1 Å². The van der Waals surface area contributed by atoms with Gasteiger partial charge in [-0.15, -0.1) is 0 Å². The van der Waals surface area contributed by atoms with E-state index >= 15 is 0 Å². The molecule has 0 unspecified atom stereocenters. The number of carbonyl (C=O) groups excluding carboxylic acids is 1. The molecule has 23 heavy (non-hydrogen) atoms. The lowest BCUT2D eigenvalue weighted by molar-refractivity contribution is -0.123. The number of carbonyl (C=O) groups is 1. The average Bonchev–Trinajstić information content (AvgIpc) is 2.53. The van der Waals surface area contributed by atoms with Crippen molar-refractivity contribution < 1.29 is 18.7 Å². The van der Waals surface area contributed by atoms with Crippen molar-refractivity contribution in [2.75, 3.05) is 39.5 Å². The second-order valence-electron chi connectivity index (χ2n) is 6.03. The standard InChI is InChI=1S/C16H22ClFN2O3/c1-16(2,20-6-8-22-9-7-20)11-19-14(21)10-23-15-12(17)4-3-5-13(15)18/h3-5H,6-11H2,1-2H3,(H,19,21). The summed E-state index contributed by atoms with van der Waals surface area (Å²) in [6, 6.07) is 4.23. The van der Waals surface area contributed by atoms with E-state index in [0.29, 0.717) is 19.8 Å². The number of hydrogen-bond acceptors (Lipinski definition) is 4. The minimum absolute atomic E-state index is 0.100. The summed E-state index contributed by atoms with van der Waals surface area (Å²) in [7, 11) is 0. The van der Waals surface area contributed by atoms with Crippen LogP contribution in [0.2, 0.25) is 5.02 Å². The molecule has 1 heterocycles. The minimum Gasteiger partial charge on any atom is -0.479 e. The summed E-state index contributed by atoms with van der Waals surface area (Å²) < 4.78 is 24.1. The molecular weight excluding hydrogens is 323 g/mol. The van der Waals surface area contributed by atoms with Gasteiger partial charge in [-0.2, -0.15) is 0 Å². The fourth-order valence-corrected chi connectivity index (χ4v) is 2.62. The van der Waals surface area contributed by atoms with Crippen molar-refractivity contribution in [3.63, 3.8) is 0 Å². The summed E-state index contributed by atoms with van der Waals surface area (Å²) in [5, 5.41) is 2.96. The molecule has 1 fully saturated rings. The molecule has 1 aliphatic heterocycles. The fraction of sp³-hybridized carbons (Fsp3) is 0.562. The van der Waals surface area contributed by atoms with Crippen LogP contribution in [0.15, 0.2) is 18.2 Å². The predicted octanol–water partition coefficient (Wildman–Crippen LogP) is 2.08. The van der Waals surface area contributed by atoms with E-state index in [1.807, 2.05) is 0 Å². The minimum atomic E-state index is -0.584. The third-order valence-electron chi connectivity index (χ3n) is 3.85. The van der Waals surface area contributed by atoms with Gasteiger partial charge < -0.3 is 14.8 Å².